The van der Waals surface area contributed by atoms with Crippen LogP contribution in [0.2, 0.25) is 0 Å². The number of carboxylic acid groups (broad SMARTS) is 1. The largest absolute Gasteiger partial charge is 0.480 e. The molecule has 1 aliphatic heterocycles. The van der Waals surface area contributed by atoms with Crippen LogP contribution in [0.4, 0.5) is 13.2 Å². The van der Waals surface area contributed by atoms with Crippen LogP contribution in [0.25, 0.3) is 0 Å². The molecule has 1 heterocycles. The number of carbonyl (C=O) groups is 2. The van der Waals surface area contributed by atoms with Crippen LogP contribution in [-0.4, -0.2) is 66.6 Å². The van der Waals surface area contributed by atoms with Crippen LogP contribution in [0.1, 0.15) is 6.92 Å². The number of ether oxygens (including phenoxy) is 3. The molecular weight excluding hydrogens is 359 g/mol. The van der Waals surface area contributed by atoms with Crippen LogP contribution in [0.5, 0.6) is 11.5 Å². The van der Waals surface area contributed by atoms with E-state index in [0.29, 0.717) is 0 Å². The molecule has 10 heteroatoms. The van der Waals surface area contributed by atoms with Gasteiger partial charge in [0.05, 0.1) is 12.6 Å². The molecular formula is C16H18F3NO6. The summed E-state index contributed by atoms with van der Waals surface area (Å²) >= 11 is 0. The van der Waals surface area contributed by atoms with Gasteiger partial charge in [0.15, 0.2) is 30.8 Å². The van der Waals surface area contributed by atoms with Gasteiger partial charge in [-0.05, 0) is 19.1 Å². The van der Waals surface area contributed by atoms with E-state index >= 15 is 0 Å². The molecule has 1 aromatic rings. The number of benzene rings is 1. The molecule has 1 fully saturated rings. The van der Waals surface area contributed by atoms with Crippen molar-refractivity contribution >= 4 is 11.9 Å². The second kappa shape index (κ2) is 8.26. The van der Waals surface area contributed by atoms with Crippen molar-refractivity contribution in [1.29, 1.82) is 0 Å². The number of hydrogen-bond donors (Lipinski definition) is 1. The summed E-state index contributed by atoms with van der Waals surface area (Å²) < 4.78 is 52.0. The lowest BCUT2D eigenvalue weighted by Crippen LogP contribution is -2.52. The van der Waals surface area contributed by atoms with Gasteiger partial charge in [0.1, 0.15) is 0 Å². The van der Waals surface area contributed by atoms with Gasteiger partial charge >= 0.3 is 12.1 Å². The summed E-state index contributed by atoms with van der Waals surface area (Å²) in [6.45, 7) is -0.253. The third-order valence-corrected chi connectivity index (χ3v) is 3.48. The molecule has 0 spiro atoms. The summed E-state index contributed by atoms with van der Waals surface area (Å²) in [6, 6.07) is 5.67. The Kier molecular flexibility index (Phi) is 6.30. The van der Waals surface area contributed by atoms with E-state index in [1.54, 1.807) is 6.92 Å². The lowest BCUT2D eigenvalue weighted by molar-refractivity contribution is -0.167. The highest BCUT2D eigenvalue weighted by Gasteiger charge is 2.33. The van der Waals surface area contributed by atoms with Crippen LogP contribution >= 0.6 is 0 Å². The normalized spacial score (nSPS) is 20.5. The van der Waals surface area contributed by atoms with E-state index in [0.717, 1.165) is 0 Å². The fraction of sp³-hybridized carbons (Fsp3) is 0.500. The topological polar surface area (TPSA) is 85.3 Å². The number of amides is 1. The average Bonchev–Trinajstić information content (AvgIpc) is 2.57. The molecule has 7 nitrogen and oxygen atoms in total. The third kappa shape index (κ3) is 5.80. The fourth-order valence-corrected chi connectivity index (χ4v) is 2.37. The molecule has 1 unspecified atom stereocenters. The smallest absolute Gasteiger partial charge is 0.422 e. The molecule has 0 aromatic heterocycles. The molecule has 1 aromatic carbocycles. The molecule has 2 rings (SSSR count). The number of carbonyl (C=O) groups excluding carboxylic acids is 1. The monoisotopic (exact) mass is 377 g/mol. The van der Waals surface area contributed by atoms with Gasteiger partial charge in [0.25, 0.3) is 5.91 Å². The molecule has 0 bridgehead atoms. The Morgan fingerprint density at radius 3 is 2.42 bits per heavy atom. The minimum Gasteiger partial charge on any atom is -0.480 e. The number of rotatable bonds is 6. The molecule has 1 aliphatic rings. The van der Waals surface area contributed by atoms with Crippen LogP contribution < -0.4 is 9.47 Å². The molecule has 0 aliphatic carbocycles. The van der Waals surface area contributed by atoms with Gasteiger partial charge in [-0.25, -0.2) is 4.79 Å². The summed E-state index contributed by atoms with van der Waals surface area (Å²) in [5.74, 6) is -1.84. The highest BCUT2D eigenvalue weighted by molar-refractivity contribution is 5.80. The van der Waals surface area contributed by atoms with Crippen molar-refractivity contribution in [3.8, 4) is 11.5 Å². The highest BCUT2D eigenvalue weighted by atomic mass is 19.4. The predicted molar refractivity (Wildman–Crippen MR) is 82.0 cm³/mol. The molecule has 0 radical (unpaired) electrons. The minimum absolute atomic E-state index is 0.0128. The van der Waals surface area contributed by atoms with Crippen molar-refractivity contribution in [2.24, 2.45) is 0 Å². The second-order valence-corrected chi connectivity index (χ2v) is 5.71. The molecule has 1 amide bonds. The van der Waals surface area contributed by atoms with Crippen LogP contribution in [0.3, 0.4) is 0 Å². The van der Waals surface area contributed by atoms with Crippen molar-refractivity contribution < 1.29 is 42.1 Å². The highest BCUT2D eigenvalue weighted by Crippen LogP contribution is 2.28. The zero-order chi connectivity index (χ0) is 19.3. The van der Waals surface area contributed by atoms with Gasteiger partial charge in [-0.3, -0.25) is 4.79 Å². The standard InChI is InChI=1S/C16H18F3NO6/c1-10-6-20(7-13(26-10)15(22)23)14(21)8-24-11-4-2-3-5-12(11)25-9-16(17,18)19/h2-5,10,13H,6-9H2,1H3,(H,22,23)/t10-,13?/m1/s1. The Bertz CT molecular complexity index is 651. The summed E-state index contributed by atoms with van der Waals surface area (Å²) in [5, 5.41) is 9.02. The van der Waals surface area contributed by atoms with Crippen molar-refractivity contribution in [3.05, 3.63) is 24.3 Å². The number of hydrogen-bond acceptors (Lipinski definition) is 5. The maximum absolute atomic E-state index is 12.3. The van der Waals surface area contributed by atoms with E-state index < -0.39 is 43.5 Å². The molecule has 1 saturated heterocycles. The van der Waals surface area contributed by atoms with Crippen molar-refractivity contribution in [2.45, 2.75) is 25.3 Å². The predicted octanol–water partition coefficient (Wildman–Crippen LogP) is 1.71. The van der Waals surface area contributed by atoms with E-state index in [1.807, 2.05) is 0 Å². The van der Waals surface area contributed by atoms with Gasteiger partial charge in [-0.15, -0.1) is 0 Å². The fourth-order valence-electron chi connectivity index (χ4n) is 2.37. The van der Waals surface area contributed by atoms with E-state index in [-0.39, 0.29) is 24.6 Å². The van der Waals surface area contributed by atoms with Gasteiger partial charge in [-0.1, -0.05) is 12.1 Å². The Hall–Kier alpha value is -2.49. The first kappa shape index (κ1) is 19.8. The maximum Gasteiger partial charge on any atom is 0.422 e. The van der Waals surface area contributed by atoms with Gasteiger partial charge in [0, 0.05) is 6.54 Å². The minimum atomic E-state index is -4.50. The summed E-state index contributed by atoms with van der Waals surface area (Å²) in [7, 11) is 0. The second-order valence-electron chi connectivity index (χ2n) is 5.71. The first-order valence-electron chi connectivity index (χ1n) is 7.73. The first-order chi connectivity index (χ1) is 12.2. The molecule has 144 valence electrons. The van der Waals surface area contributed by atoms with Gasteiger partial charge in [0.2, 0.25) is 0 Å². The zero-order valence-electron chi connectivity index (χ0n) is 13.9. The summed E-state index contributed by atoms with van der Waals surface area (Å²) in [6.07, 6.45) is -6.10. The average molecular weight is 377 g/mol. The number of carboxylic acids is 1. The van der Waals surface area contributed by atoms with Crippen LogP contribution in [0.15, 0.2) is 24.3 Å². The van der Waals surface area contributed by atoms with E-state index in [9.17, 15) is 22.8 Å². The number of aliphatic carboxylic acids is 1. The number of halogens is 3. The molecule has 2 atom stereocenters. The number of alkyl halides is 3. The molecule has 0 saturated carbocycles. The van der Waals surface area contributed by atoms with Crippen molar-refractivity contribution in [2.75, 3.05) is 26.3 Å². The van der Waals surface area contributed by atoms with Gasteiger partial charge < -0.3 is 24.2 Å². The summed E-state index contributed by atoms with van der Waals surface area (Å²) in [5.41, 5.74) is 0. The first-order valence-corrected chi connectivity index (χ1v) is 7.73. The van der Waals surface area contributed by atoms with Crippen molar-refractivity contribution in [1.82, 2.24) is 4.90 Å². The number of para-hydroxylation sites is 2. The van der Waals surface area contributed by atoms with E-state index in [1.165, 1.54) is 29.2 Å². The number of morpholine rings is 1. The quantitative estimate of drug-likeness (QED) is 0.812. The number of nitrogens with zero attached hydrogens (tertiary/aromatic N) is 1. The maximum atomic E-state index is 12.3. The summed E-state index contributed by atoms with van der Waals surface area (Å²) in [4.78, 5) is 24.6. The van der Waals surface area contributed by atoms with Gasteiger partial charge in [-0.2, -0.15) is 13.2 Å². The van der Waals surface area contributed by atoms with E-state index in [4.69, 9.17) is 14.6 Å². The van der Waals surface area contributed by atoms with Crippen molar-refractivity contribution in [3.63, 3.8) is 0 Å². The Labute approximate surface area is 147 Å². The Morgan fingerprint density at radius 2 is 1.85 bits per heavy atom. The third-order valence-electron chi connectivity index (χ3n) is 3.48. The van der Waals surface area contributed by atoms with Crippen LogP contribution in [0, 0.1) is 0 Å². The molecule has 26 heavy (non-hydrogen) atoms. The lowest BCUT2D eigenvalue weighted by Gasteiger charge is -2.34. The Morgan fingerprint density at radius 1 is 1.23 bits per heavy atom. The molecule has 1 N–H and O–H groups in total. The zero-order valence-corrected chi connectivity index (χ0v) is 13.9. The SMILES string of the molecule is C[C@@H]1CN(C(=O)COc2ccccc2OCC(F)(F)F)CC(C(=O)O)O1. The van der Waals surface area contributed by atoms with Crippen LogP contribution in [-0.2, 0) is 14.3 Å². The lowest BCUT2D eigenvalue weighted by atomic mass is 10.2. The van der Waals surface area contributed by atoms with E-state index in [2.05, 4.69) is 4.74 Å². The Balaban J connectivity index is 1.96.